The SMILES string of the molecule is CNC(C(=O)O)c1cn(C)c2cc3c(cc12)CNC3. The molecular weight excluding hydrogens is 242 g/mol. The minimum Gasteiger partial charge on any atom is -0.480 e. The van der Waals surface area contributed by atoms with Gasteiger partial charge in [-0.1, -0.05) is 0 Å². The molecule has 0 bridgehead atoms. The topological polar surface area (TPSA) is 66.3 Å². The summed E-state index contributed by atoms with van der Waals surface area (Å²) in [4.78, 5) is 11.3. The van der Waals surface area contributed by atoms with Crippen LogP contribution in [0.5, 0.6) is 0 Å². The molecule has 0 fully saturated rings. The number of carbonyl (C=O) groups is 1. The van der Waals surface area contributed by atoms with Gasteiger partial charge in [0, 0.05) is 42.8 Å². The number of nitrogens with one attached hydrogen (secondary N) is 2. The monoisotopic (exact) mass is 259 g/mol. The van der Waals surface area contributed by atoms with Crippen LogP contribution in [0.4, 0.5) is 0 Å². The summed E-state index contributed by atoms with van der Waals surface area (Å²) < 4.78 is 2.00. The fourth-order valence-electron chi connectivity index (χ4n) is 2.85. The van der Waals surface area contributed by atoms with Crippen molar-refractivity contribution in [1.82, 2.24) is 15.2 Å². The van der Waals surface area contributed by atoms with Gasteiger partial charge >= 0.3 is 5.97 Å². The summed E-state index contributed by atoms with van der Waals surface area (Å²) in [7, 11) is 3.63. The third kappa shape index (κ3) is 1.82. The number of carboxylic acids is 1. The second kappa shape index (κ2) is 4.36. The Morgan fingerprint density at radius 2 is 2.11 bits per heavy atom. The smallest absolute Gasteiger partial charge is 0.325 e. The van der Waals surface area contributed by atoms with Crippen LogP contribution in [0.15, 0.2) is 18.3 Å². The van der Waals surface area contributed by atoms with E-state index in [1.165, 1.54) is 11.1 Å². The lowest BCUT2D eigenvalue weighted by molar-refractivity contribution is -0.139. The van der Waals surface area contributed by atoms with Gasteiger partial charge in [0.1, 0.15) is 6.04 Å². The van der Waals surface area contributed by atoms with Gasteiger partial charge in [-0.15, -0.1) is 0 Å². The summed E-state index contributed by atoms with van der Waals surface area (Å²) in [5.41, 5.74) is 4.47. The standard InChI is InChI=1S/C14H17N3O2/c1-15-13(14(18)19)11-7-17(2)12-4-9-6-16-5-8(9)3-10(11)12/h3-4,7,13,15-16H,5-6H2,1-2H3,(H,18,19). The fourth-order valence-corrected chi connectivity index (χ4v) is 2.85. The van der Waals surface area contributed by atoms with Crippen molar-refractivity contribution >= 4 is 16.9 Å². The highest BCUT2D eigenvalue weighted by atomic mass is 16.4. The van der Waals surface area contributed by atoms with Crippen LogP contribution in [-0.4, -0.2) is 22.7 Å². The van der Waals surface area contributed by atoms with Crippen molar-refractivity contribution in [2.24, 2.45) is 7.05 Å². The molecule has 0 aliphatic carbocycles. The molecule has 0 radical (unpaired) electrons. The first-order chi connectivity index (χ1) is 9.11. The third-order valence-electron chi connectivity index (χ3n) is 3.82. The molecule has 1 atom stereocenters. The summed E-state index contributed by atoms with van der Waals surface area (Å²) >= 11 is 0. The summed E-state index contributed by atoms with van der Waals surface area (Å²) in [6.45, 7) is 1.75. The van der Waals surface area contributed by atoms with Gasteiger partial charge in [-0.05, 0) is 30.3 Å². The van der Waals surface area contributed by atoms with E-state index in [4.69, 9.17) is 0 Å². The molecule has 3 rings (SSSR count). The number of nitrogens with zero attached hydrogens (tertiary/aromatic N) is 1. The van der Waals surface area contributed by atoms with Gasteiger partial charge in [0.15, 0.2) is 0 Å². The maximum atomic E-state index is 11.3. The molecule has 1 aliphatic heterocycles. The fraction of sp³-hybridized carbons (Fsp3) is 0.357. The van der Waals surface area contributed by atoms with Crippen molar-refractivity contribution < 1.29 is 9.90 Å². The maximum Gasteiger partial charge on any atom is 0.325 e. The quantitative estimate of drug-likeness (QED) is 0.773. The van der Waals surface area contributed by atoms with Gasteiger partial charge in [-0.25, -0.2) is 0 Å². The average molecular weight is 259 g/mol. The van der Waals surface area contributed by atoms with Crippen LogP contribution in [0.25, 0.3) is 10.9 Å². The van der Waals surface area contributed by atoms with Crippen molar-refractivity contribution in [3.63, 3.8) is 0 Å². The van der Waals surface area contributed by atoms with Crippen LogP contribution < -0.4 is 10.6 Å². The van der Waals surface area contributed by atoms with Gasteiger partial charge < -0.3 is 20.3 Å². The van der Waals surface area contributed by atoms with E-state index < -0.39 is 12.0 Å². The van der Waals surface area contributed by atoms with E-state index >= 15 is 0 Å². The first kappa shape index (κ1) is 12.2. The first-order valence-electron chi connectivity index (χ1n) is 6.33. The number of benzene rings is 1. The number of fused-ring (bicyclic) bond motifs is 2. The summed E-state index contributed by atoms with van der Waals surface area (Å²) in [5.74, 6) is -0.853. The Morgan fingerprint density at radius 3 is 2.74 bits per heavy atom. The Morgan fingerprint density at radius 1 is 1.42 bits per heavy atom. The highest BCUT2D eigenvalue weighted by Crippen LogP contribution is 2.30. The lowest BCUT2D eigenvalue weighted by Crippen LogP contribution is -2.24. The van der Waals surface area contributed by atoms with E-state index in [0.717, 1.165) is 29.6 Å². The number of aryl methyl sites for hydroxylation is 1. The van der Waals surface area contributed by atoms with Gasteiger partial charge in [-0.3, -0.25) is 4.79 Å². The zero-order chi connectivity index (χ0) is 13.6. The highest BCUT2D eigenvalue weighted by Gasteiger charge is 2.23. The number of rotatable bonds is 3. The van der Waals surface area contributed by atoms with Crippen molar-refractivity contribution in [3.8, 4) is 0 Å². The number of aromatic nitrogens is 1. The minimum atomic E-state index is -0.853. The molecule has 0 spiro atoms. The predicted octanol–water partition coefficient (Wildman–Crippen LogP) is 1.13. The molecule has 100 valence electrons. The average Bonchev–Trinajstić information content (AvgIpc) is 2.93. The van der Waals surface area contributed by atoms with E-state index in [9.17, 15) is 9.90 Å². The van der Waals surface area contributed by atoms with Crippen molar-refractivity contribution in [2.75, 3.05) is 7.05 Å². The normalized spacial score (nSPS) is 15.7. The number of aliphatic carboxylic acids is 1. The largest absolute Gasteiger partial charge is 0.480 e. The van der Waals surface area contributed by atoms with Crippen LogP contribution >= 0.6 is 0 Å². The lowest BCUT2D eigenvalue weighted by Gasteiger charge is -2.10. The number of carboxylic acid groups (broad SMARTS) is 1. The Bertz CT molecular complexity index is 660. The molecule has 2 heterocycles. The zero-order valence-corrected chi connectivity index (χ0v) is 11.0. The lowest BCUT2D eigenvalue weighted by atomic mass is 10.0. The Hall–Kier alpha value is -1.85. The molecule has 1 unspecified atom stereocenters. The predicted molar refractivity (Wildman–Crippen MR) is 72.9 cm³/mol. The van der Waals surface area contributed by atoms with Crippen LogP contribution in [0.1, 0.15) is 22.7 Å². The zero-order valence-electron chi connectivity index (χ0n) is 11.0. The molecule has 1 aliphatic rings. The first-order valence-corrected chi connectivity index (χ1v) is 6.33. The second-order valence-corrected chi connectivity index (χ2v) is 5.00. The molecule has 0 saturated heterocycles. The molecule has 0 amide bonds. The van der Waals surface area contributed by atoms with Crippen LogP contribution in [-0.2, 0) is 24.9 Å². The highest BCUT2D eigenvalue weighted by molar-refractivity contribution is 5.90. The van der Waals surface area contributed by atoms with Gasteiger partial charge in [0.05, 0.1) is 0 Å². The summed E-state index contributed by atoms with van der Waals surface area (Å²) in [5, 5.41) is 16.5. The van der Waals surface area contributed by atoms with Crippen LogP contribution in [0.3, 0.4) is 0 Å². The number of hydrogen-bond acceptors (Lipinski definition) is 3. The molecule has 2 aromatic rings. The van der Waals surface area contributed by atoms with E-state index in [-0.39, 0.29) is 0 Å². The summed E-state index contributed by atoms with van der Waals surface area (Å²) in [6, 6.07) is 3.60. The second-order valence-electron chi connectivity index (χ2n) is 5.00. The molecule has 3 N–H and O–H groups in total. The molecule has 1 aromatic heterocycles. The van der Waals surface area contributed by atoms with Crippen molar-refractivity contribution in [3.05, 3.63) is 35.0 Å². The van der Waals surface area contributed by atoms with Gasteiger partial charge in [0.2, 0.25) is 0 Å². The van der Waals surface area contributed by atoms with E-state index in [1.807, 2.05) is 17.8 Å². The maximum absolute atomic E-state index is 11.3. The van der Waals surface area contributed by atoms with Gasteiger partial charge in [0.25, 0.3) is 0 Å². The molecule has 1 aromatic carbocycles. The van der Waals surface area contributed by atoms with E-state index in [0.29, 0.717) is 0 Å². The minimum absolute atomic E-state index is 0.670. The van der Waals surface area contributed by atoms with E-state index in [2.05, 4.69) is 22.8 Å². The molecule has 5 nitrogen and oxygen atoms in total. The Kier molecular flexibility index (Phi) is 2.80. The molecular formula is C14H17N3O2. The summed E-state index contributed by atoms with van der Waals surface area (Å²) in [6.07, 6.45) is 1.91. The van der Waals surface area contributed by atoms with Crippen molar-refractivity contribution in [1.29, 1.82) is 0 Å². The Balaban J connectivity index is 2.23. The number of likely N-dealkylation sites (N-methyl/N-ethyl adjacent to an activating group) is 1. The van der Waals surface area contributed by atoms with Crippen LogP contribution in [0, 0.1) is 0 Å². The third-order valence-corrected chi connectivity index (χ3v) is 3.82. The van der Waals surface area contributed by atoms with Crippen LogP contribution in [0.2, 0.25) is 0 Å². The van der Waals surface area contributed by atoms with Gasteiger partial charge in [-0.2, -0.15) is 0 Å². The van der Waals surface area contributed by atoms with E-state index in [1.54, 1.807) is 7.05 Å². The Labute approximate surface area is 111 Å². The molecule has 5 heteroatoms. The van der Waals surface area contributed by atoms with Crippen molar-refractivity contribution in [2.45, 2.75) is 19.1 Å². The molecule has 19 heavy (non-hydrogen) atoms. The molecule has 0 saturated carbocycles. The number of hydrogen-bond donors (Lipinski definition) is 3.